The number of rotatable bonds is 6. The van der Waals surface area contributed by atoms with Crippen molar-refractivity contribution in [2.45, 2.75) is 50.6 Å². The fraction of sp³-hybridized carbons (Fsp3) is 0.478. The third-order valence-electron chi connectivity index (χ3n) is 6.04. The number of hydrogen-bond acceptors (Lipinski definition) is 5. The van der Waals surface area contributed by atoms with Gasteiger partial charge in [-0.1, -0.05) is 19.3 Å². The molecule has 1 aromatic heterocycles. The Balaban J connectivity index is 1.53. The highest BCUT2D eigenvalue weighted by atomic mass is 16.5. The Labute approximate surface area is 172 Å². The monoisotopic (exact) mass is 395 g/mol. The second-order valence-electron chi connectivity index (χ2n) is 7.96. The van der Waals surface area contributed by atoms with E-state index in [1.807, 2.05) is 36.4 Å². The van der Waals surface area contributed by atoms with Crippen LogP contribution in [0.3, 0.4) is 0 Å². The second kappa shape index (κ2) is 8.82. The molecule has 1 aliphatic heterocycles. The maximum absolute atomic E-state index is 13.2. The quantitative estimate of drug-likeness (QED) is 0.734. The normalized spacial score (nSPS) is 20.2. The first-order valence-electron chi connectivity index (χ1n) is 10.4. The zero-order valence-corrected chi connectivity index (χ0v) is 17.2. The highest BCUT2D eigenvalue weighted by Crippen LogP contribution is 2.33. The third kappa shape index (κ3) is 4.37. The van der Waals surface area contributed by atoms with Crippen LogP contribution in [0.25, 0.3) is 0 Å². The van der Waals surface area contributed by atoms with Gasteiger partial charge in [0, 0.05) is 12.5 Å². The van der Waals surface area contributed by atoms with Crippen LogP contribution in [-0.2, 0) is 4.79 Å². The van der Waals surface area contributed by atoms with E-state index in [1.54, 1.807) is 18.4 Å². The van der Waals surface area contributed by atoms with Crippen molar-refractivity contribution >= 4 is 11.6 Å². The molecule has 1 saturated carbocycles. The van der Waals surface area contributed by atoms with E-state index in [-0.39, 0.29) is 11.9 Å². The molecule has 0 bridgehead atoms. The molecule has 1 atom stereocenters. The van der Waals surface area contributed by atoms with Crippen molar-refractivity contribution in [3.8, 4) is 5.75 Å². The molecular weight excluding hydrogens is 366 g/mol. The fourth-order valence-corrected chi connectivity index (χ4v) is 4.34. The summed E-state index contributed by atoms with van der Waals surface area (Å²) in [4.78, 5) is 15.4. The van der Waals surface area contributed by atoms with Gasteiger partial charge in [0.25, 0.3) is 5.91 Å². The molecule has 2 heterocycles. The summed E-state index contributed by atoms with van der Waals surface area (Å²) in [5, 5.41) is 6.35. The van der Waals surface area contributed by atoms with Gasteiger partial charge in [0.15, 0.2) is 0 Å². The lowest BCUT2D eigenvalue weighted by Crippen LogP contribution is -2.41. The van der Waals surface area contributed by atoms with Crippen molar-refractivity contribution in [2.24, 2.45) is 5.10 Å². The number of furan rings is 1. The van der Waals surface area contributed by atoms with Crippen LogP contribution >= 0.6 is 0 Å². The Morgan fingerprint density at radius 3 is 2.62 bits per heavy atom. The Morgan fingerprint density at radius 2 is 1.97 bits per heavy atom. The van der Waals surface area contributed by atoms with E-state index in [0.29, 0.717) is 19.0 Å². The SMILES string of the molecule is COc1ccc(C2=NN(C(=O)CN(C)C3CCCCC3)C(c3ccco3)C2)cc1. The zero-order chi connectivity index (χ0) is 20.2. The average molecular weight is 396 g/mol. The first-order valence-corrected chi connectivity index (χ1v) is 10.4. The standard InChI is InChI=1S/C23H29N3O3/c1-25(18-7-4-3-5-8-18)16-23(27)26-21(22-9-6-14-29-22)15-20(24-26)17-10-12-19(28-2)13-11-17/h6,9-14,18,21H,3-5,7-8,15-16H2,1-2H3. The molecule has 2 aromatic rings. The van der Waals surface area contributed by atoms with Crippen LogP contribution in [0.5, 0.6) is 5.75 Å². The molecule has 1 unspecified atom stereocenters. The van der Waals surface area contributed by atoms with Crippen LogP contribution in [-0.4, -0.2) is 48.3 Å². The van der Waals surface area contributed by atoms with Crippen molar-refractivity contribution < 1.29 is 13.9 Å². The van der Waals surface area contributed by atoms with Crippen LogP contribution in [0, 0.1) is 0 Å². The van der Waals surface area contributed by atoms with Crippen LogP contribution < -0.4 is 4.74 Å². The van der Waals surface area contributed by atoms with Gasteiger partial charge in [-0.15, -0.1) is 0 Å². The minimum atomic E-state index is -0.200. The molecule has 0 saturated heterocycles. The van der Waals surface area contributed by atoms with Crippen LogP contribution in [0.15, 0.2) is 52.2 Å². The molecule has 6 heteroatoms. The average Bonchev–Trinajstić information content (AvgIpc) is 3.44. The summed E-state index contributed by atoms with van der Waals surface area (Å²) >= 11 is 0. The molecular formula is C23H29N3O3. The summed E-state index contributed by atoms with van der Waals surface area (Å²) < 4.78 is 10.9. The molecule has 1 aromatic carbocycles. The van der Waals surface area contributed by atoms with Gasteiger partial charge >= 0.3 is 0 Å². The largest absolute Gasteiger partial charge is 0.497 e. The molecule has 4 rings (SSSR count). The molecule has 1 aliphatic carbocycles. The lowest BCUT2D eigenvalue weighted by molar-refractivity contribution is -0.135. The number of amides is 1. The zero-order valence-electron chi connectivity index (χ0n) is 17.2. The van der Waals surface area contributed by atoms with E-state index >= 15 is 0 Å². The number of nitrogens with zero attached hydrogens (tertiary/aromatic N) is 3. The number of likely N-dealkylation sites (N-methyl/N-ethyl adjacent to an activating group) is 1. The number of carbonyl (C=O) groups excluding carboxylic acids is 1. The topological polar surface area (TPSA) is 58.3 Å². The molecule has 6 nitrogen and oxygen atoms in total. The van der Waals surface area contributed by atoms with Crippen LogP contribution in [0.1, 0.15) is 55.9 Å². The third-order valence-corrected chi connectivity index (χ3v) is 6.04. The number of methoxy groups -OCH3 is 1. The van der Waals surface area contributed by atoms with Crippen molar-refractivity contribution in [3.63, 3.8) is 0 Å². The van der Waals surface area contributed by atoms with Crippen LogP contribution in [0.4, 0.5) is 0 Å². The molecule has 2 aliphatic rings. The summed E-state index contributed by atoms with van der Waals surface area (Å²) in [5.74, 6) is 1.59. The van der Waals surface area contributed by atoms with Crippen molar-refractivity contribution in [2.75, 3.05) is 20.7 Å². The Hall–Kier alpha value is -2.60. The van der Waals surface area contributed by atoms with Gasteiger partial charge in [-0.05, 0) is 61.9 Å². The first-order chi connectivity index (χ1) is 14.2. The number of ether oxygens (including phenoxy) is 1. The van der Waals surface area contributed by atoms with Gasteiger partial charge in [0.1, 0.15) is 17.6 Å². The highest BCUT2D eigenvalue weighted by Gasteiger charge is 2.35. The van der Waals surface area contributed by atoms with Gasteiger partial charge in [-0.25, -0.2) is 5.01 Å². The minimum absolute atomic E-state index is 0.0167. The van der Waals surface area contributed by atoms with Gasteiger partial charge < -0.3 is 9.15 Å². The van der Waals surface area contributed by atoms with Crippen LogP contribution in [0.2, 0.25) is 0 Å². The van der Waals surface area contributed by atoms with Gasteiger partial charge in [-0.2, -0.15) is 5.10 Å². The molecule has 1 amide bonds. The van der Waals surface area contributed by atoms with E-state index in [9.17, 15) is 4.79 Å². The summed E-state index contributed by atoms with van der Waals surface area (Å²) in [6.07, 6.45) is 8.44. The number of carbonyl (C=O) groups is 1. The van der Waals surface area contributed by atoms with E-state index in [4.69, 9.17) is 14.3 Å². The summed E-state index contributed by atoms with van der Waals surface area (Å²) in [6, 6.07) is 11.9. The van der Waals surface area contributed by atoms with E-state index < -0.39 is 0 Å². The predicted molar refractivity (Wildman–Crippen MR) is 112 cm³/mol. The van der Waals surface area contributed by atoms with E-state index in [0.717, 1.165) is 22.8 Å². The van der Waals surface area contributed by atoms with Gasteiger partial charge in [0.2, 0.25) is 0 Å². The highest BCUT2D eigenvalue weighted by molar-refractivity contribution is 6.03. The molecule has 1 fully saturated rings. The Morgan fingerprint density at radius 1 is 1.21 bits per heavy atom. The van der Waals surface area contributed by atoms with Crippen molar-refractivity contribution in [1.29, 1.82) is 0 Å². The lowest BCUT2D eigenvalue weighted by atomic mass is 9.94. The molecule has 154 valence electrons. The Kier molecular flexibility index (Phi) is 6.00. The second-order valence-corrected chi connectivity index (χ2v) is 7.96. The number of benzene rings is 1. The van der Waals surface area contributed by atoms with Gasteiger partial charge in [-0.3, -0.25) is 9.69 Å². The van der Waals surface area contributed by atoms with E-state index in [1.165, 1.54) is 32.1 Å². The van der Waals surface area contributed by atoms with Crippen molar-refractivity contribution in [1.82, 2.24) is 9.91 Å². The molecule has 0 radical (unpaired) electrons. The van der Waals surface area contributed by atoms with E-state index in [2.05, 4.69) is 11.9 Å². The maximum Gasteiger partial charge on any atom is 0.257 e. The number of hydrogen-bond donors (Lipinski definition) is 0. The molecule has 0 spiro atoms. The predicted octanol–water partition coefficient (Wildman–Crippen LogP) is 4.23. The smallest absolute Gasteiger partial charge is 0.257 e. The lowest BCUT2D eigenvalue weighted by Gasteiger charge is -2.32. The first kappa shape index (κ1) is 19.7. The summed E-state index contributed by atoms with van der Waals surface area (Å²) in [6.45, 7) is 0.376. The van der Waals surface area contributed by atoms with Gasteiger partial charge in [0.05, 0.1) is 25.6 Å². The fourth-order valence-electron chi connectivity index (χ4n) is 4.34. The summed E-state index contributed by atoms with van der Waals surface area (Å²) in [5.41, 5.74) is 1.89. The molecule has 29 heavy (non-hydrogen) atoms. The summed E-state index contributed by atoms with van der Waals surface area (Å²) in [7, 11) is 3.71. The van der Waals surface area contributed by atoms with Crippen molar-refractivity contribution in [3.05, 3.63) is 54.0 Å². The Bertz CT molecular complexity index is 839. The number of hydrazone groups is 1. The molecule has 0 N–H and O–H groups in total. The maximum atomic E-state index is 13.2. The minimum Gasteiger partial charge on any atom is -0.497 e.